The van der Waals surface area contributed by atoms with Gasteiger partial charge < -0.3 is 9.84 Å². The van der Waals surface area contributed by atoms with Crippen molar-refractivity contribution in [2.24, 2.45) is 0 Å². The zero-order valence-corrected chi connectivity index (χ0v) is 12.3. The summed E-state index contributed by atoms with van der Waals surface area (Å²) in [6.45, 7) is 0.364. The van der Waals surface area contributed by atoms with Gasteiger partial charge >= 0.3 is 0 Å². The van der Waals surface area contributed by atoms with Crippen LogP contribution in [0.25, 0.3) is 0 Å². The van der Waals surface area contributed by atoms with Crippen molar-refractivity contribution in [3.63, 3.8) is 0 Å². The monoisotopic (exact) mass is 331 g/mol. The maximum Gasteiger partial charge on any atom is 0.245 e. The summed E-state index contributed by atoms with van der Waals surface area (Å²) in [4.78, 5) is -0.0143. The molecule has 0 radical (unpaired) electrons. The van der Waals surface area contributed by atoms with Gasteiger partial charge in [0.25, 0.3) is 0 Å². The van der Waals surface area contributed by atoms with Crippen molar-refractivity contribution in [3.8, 4) is 0 Å². The molecule has 1 saturated heterocycles. The summed E-state index contributed by atoms with van der Waals surface area (Å²) < 4.78 is 31.6. The number of ether oxygens (including phenoxy) is 1. The molecule has 1 aromatic heterocycles. The molecular formula is C9H11Cl2NO4S2. The van der Waals surface area contributed by atoms with Crippen molar-refractivity contribution in [1.29, 1.82) is 0 Å². The van der Waals surface area contributed by atoms with Gasteiger partial charge in [0.05, 0.1) is 30.2 Å². The normalized spacial score (nSPS) is 22.3. The third kappa shape index (κ3) is 2.67. The molecule has 5 nitrogen and oxygen atoms in total. The van der Waals surface area contributed by atoms with Crippen LogP contribution < -0.4 is 0 Å². The van der Waals surface area contributed by atoms with Crippen molar-refractivity contribution in [1.82, 2.24) is 4.31 Å². The maximum atomic E-state index is 12.4. The molecule has 2 rings (SSSR count). The van der Waals surface area contributed by atoms with E-state index in [9.17, 15) is 13.5 Å². The van der Waals surface area contributed by atoms with Gasteiger partial charge in [0.1, 0.15) is 9.23 Å². The summed E-state index contributed by atoms with van der Waals surface area (Å²) in [7, 11) is -3.75. The van der Waals surface area contributed by atoms with E-state index in [0.29, 0.717) is 10.9 Å². The number of hydrogen-bond donors (Lipinski definition) is 1. The van der Waals surface area contributed by atoms with Crippen LogP contribution in [0.1, 0.15) is 0 Å². The van der Waals surface area contributed by atoms with Gasteiger partial charge in [0.2, 0.25) is 10.0 Å². The molecule has 1 N–H and O–H groups in total. The van der Waals surface area contributed by atoms with E-state index >= 15 is 0 Å². The highest BCUT2D eigenvalue weighted by molar-refractivity contribution is 7.89. The summed E-state index contributed by atoms with van der Waals surface area (Å²) in [6.07, 6.45) is 0. The highest BCUT2D eigenvalue weighted by Gasteiger charge is 2.35. The van der Waals surface area contributed by atoms with Gasteiger partial charge in [-0.3, -0.25) is 0 Å². The Morgan fingerprint density at radius 1 is 1.56 bits per heavy atom. The van der Waals surface area contributed by atoms with E-state index in [4.69, 9.17) is 27.9 Å². The van der Waals surface area contributed by atoms with E-state index in [0.717, 1.165) is 11.3 Å². The molecule has 0 saturated carbocycles. The number of rotatable bonds is 3. The van der Waals surface area contributed by atoms with Crippen molar-refractivity contribution in [2.45, 2.75) is 10.9 Å². The van der Waals surface area contributed by atoms with Crippen molar-refractivity contribution in [2.75, 3.05) is 26.4 Å². The summed E-state index contributed by atoms with van der Waals surface area (Å²) in [5.74, 6) is 0. The predicted octanol–water partition coefficient (Wildman–Crippen LogP) is 1.44. The minimum atomic E-state index is -3.75. The Labute approximate surface area is 119 Å². The number of morpholine rings is 1. The van der Waals surface area contributed by atoms with E-state index in [1.54, 1.807) is 0 Å². The third-order valence-corrected chi connectivity index (χ3v) is 6.30. The zero-order valence-electron chi connectivity index (χ0n) is 9.17. The van der Waals surface area contributed by atoms with Crippen molar-refractivity contribution in [3.05, 3.63) is 14.7 Å². The van der Waals surface area contributed by atoms with Crippen LogP contribution in [0.2, 0.25) is 8.67 Å². The van der Waals surface area contributed by atoms with Crippen LogP contribution in [0.3, 0.4) is 0 Å². The molecule has 1 fully saturated rings. The summed E-state index contributed by atoms with van der Waals surface area (Å²) in [6, 6.07) is 0.742. The topological polar surface area (TPSA) is 66.8 Å². The standard InChI is InChI=1S/C9H11Cl2NO4S2/c10-8-3-7(9(11)17-8)18(14,15)12-1-2-16-5-6(12)4-13/h3,6,13H,1-2,4-5H2. The number of aliphatic hydroxyl groups is 1. The Kier molecular flexibility index (Phi) is 4.53. The average molecular weight is 332 g/mol. The molecule has 1 aliphatic rings. The zero-order chi connectivity index (χ0) is 13.3. The van der Waals surface area contributed by atoms with Crippen LogP contribution in [-0.4, -0.2) is 50.2 Å². The third-order valence-electron chi connectivity index (χ3n) is 2.60. The summed E-state index contributed by atoms with van der Waals surface area (Å²) >= 11 is 12.6. The van der Waals surface area contributed by atoms with Gasteiger partial charge in [0.15, 0.2) is 0 Å². The highest BCUT2D eigenvalue weighted by atomic mass is 35.5. The van der Waals surface area contributed by atoms with Gasteiger partial charge in [-0.25, -0.2) is 8.42 Å². The lowest BCUT2D eigenvalue weighted by Crippen LogP contribution is -2.50. The van der Waals surface area contributed by atoms with Crippen LogP contribution in [0.15, 0.2) is 11.0 Å². The second-order valence-corrected chi connectivity index (χ2v) is 7.86. The smallest absolute Gasteiger partial charge is 0.245 e. The van der Waals surface area contributed by atoms with Crippen molar-refractivity contribution >= 4 is 44.6 Å². The first-order valence-electron chi connectivity index (χ1n) is 5.12. The fraction of sp³-hybridized carbons (Fsp3) is 0.556. The molecular weight excluding hydrogens is 321 g/mol. The second kappa shape index (κ2) is 5.62. The number of aliphatic hydroxyl groups excluding tert-OH is 1. The maximum absolute atomic E-state index is 12.4. The Bertz CT molecular complexity index is 531. The molecule has 1 unspecified atom stereocenters. The average Bonchev–Trinajstić information content (AvgIpc) is 2.69. The highest BCUT2D eigenvalue weighted by Crippen LogP contribution is 2.36. The summed E-state index contributed by atoms with van der Waals surface area (Å²) in [5.41, 5.74) is 0. The van der Waals surface area contributed by atoms with E-state index < -0.39 is 16.1 Å². The SMILES string of the molecule is O=S(=O)(c1cc(Cl)sc1Cl)N1CCOCC1CO. The first kappa shape index (κ1) is 14.5. The Morgan fingerprint density at radius 3 is 2.83 bits per heavy atom. The molecule has 9 heteroatoms. The molecule has 1 aliphatic heterocycles. The van der Waals surface area contributed by atoms with Gasteiger partial charge in [-0.05, 0) is 6.07 Å². The van der Waals surface area contributed by atoms with Gasteiger partial charge in [0, 0.05) is 6.54 Å². The number of hydrogen-bond acceptors (Lipinski definition) is 5. The number of halogens is 2. The molecule has 1 atom stereocenters. The molecule has 0 bridgehead atoms. The first-order chi connectivity index (χ1) is 8.46. The van der Waals surface area contributed by atoms with Crippen LogP contribution in [0.5, 0.6) is 0 Å². The van der Waals surface area contributed by atoms with Crippen LogP contribution in [0, 0.1) is 0 Å². The minimum Gasteiger partial charge on any atom is -0.395 e. The van der Waals surface area contributed by atoms with E-state index in [1.807, 2.05) is 0 Å². The molecule has 1 aromatic rings. The predicted molar refractivity (Wildman–Crippen MR) is 69.9 cm³/mol. The fourth-order valence-electron chi connectivity index (χ4n) is 1.73. The molecule has 102 valence electrons. The van der Waals surface area contributed by atoms with E-state index in [2.05, 4.69) is 0 Å². The summed E-state index contributed by atoms with van der Waals surface area (Å²) in [5, 5.41) is 9.20. The van der Waals surface area contributed by atoms with E-state index in [1.165, 1.54) is 10.4 Å². The first-order valence-corrected chi connectivity index (χ1v) is 8.13. The Morgan fingerprint density at radius 2 is 2.28 bits per heavy atom. The minimum absolute atomic E-state index is 0.0143. The fourth-order valence-corrected chi connectivity index (χ4v) is 5.43. The molecule has 0 spiro atoms. The largest absolute Gasteiger partial charge is 0.395 e. The molecule has 18 heavy (non-hydrogen) atoms. The van der Waals surface area contributed by atoms with Crippen LogP contribution in [0.4, 0.5) is 0 Å². The van der Waals surface area contributed by atoms with Gasteiger partial charge in [-0.15, -0.1) is 11.3 Å². The van der Waals surface area contributed by atoms with Crippen LogP contribution >= 0.6 is 34.5 Å². The van der Waals surface area contributed by atoms with Crippen LogP contribution in [-0.2, 0) is 14.8 Å². The van der Waals surface area contributed by atoms with Crippen molar-refractivity contribution < 1.29 is 18.3 Å². The second-order valence-electron chi connectivity index (χ2n) is 3.72. The lowest BCUT2D eigenvalue weighted by molar-refractivity contribution is 0.0109. The number of nitrogens with zero attached hydrogens (tertiary/aromatic N) is 1. The molecule has 0 aromatic carbocycles. The van der Waals surface area contributed by atoms with Gasteiger partial charge in [-0.1, -0.05) is 23.2 Å². The molecule has 2 heterocycles. The molecule has 0 amide bonds. The molecule has 0 aliphatic carbocycles. The lowest BCUT2D eigenvalue weighted by Gasteiger charge is -2.33. The number of sulfonamides is 1. The lowest BCUT2D eigenvalue weighted by atomic mass is 10.3. The van der Waals surface area contributed by atoms with E-state index in [-0.39, 0.29) is 29.0 Å². The number of thiophene rings is 1. The van der Waals surface area contributed by atoms with Gasteiger partial charge in [-0.2, -0.15) is 4.31 Å². The quantitative estimate of drug-likeness (QED) is 0.910. The Balaban J connectivity index is 2.38. The Hall–Kier alpha value is 0.110.